The lowest BCUT2D eigenvalue weighted by Gasteiger charge is -2.18. The molecule has 2 aromatic carbocycles. The van der Waals surface area contributed by atoms with E-state index in [0.717, 1.165) is 11.1 Å². The maximum Gasteiger partial charge on any atom is 0.330 e. The van der Waals surface area contributed by atoms with Crippen molar-refractivity contribution in [2.75, 3.05) is 5.32 Å². The molecule has 0 bridgehead atoms. The molecule has 104 valence electrons. The highest BCUT2D eigenvalue weighted by molar-refractivity contribution is 5.79. The molecule has 0 radical (unpaired) electrons. The highest BCUT2D eigenvalue weighted by atomic mass is 19.1. The summed E-state index contributed by atoms with van der Waals surface area (Å²) in [6.07, 6.45) is 0. The molecule has 0 spiro atoms. The third-order valence-corrected chi connectivity index (χ3v) is 3.12. The third kappa shape index (κ3) is 3.15. The van der Waals surface area contributed by atoms with Crippen molar-refractivity contribution in [3.05, 3.63) is 65.0 Å². The van der Waals surface area contributed by atoms with Gasteiger partial charge in [-0.25, -0.2) is 9.18 Å². The number of nitrogens with one attached hydrogen (secondary N) is 1. The van der Waals surface area contributed by atoms with Crippen LogP contribution in [0.4, 0.5) is 10.1 Å². The minimum absolute atomic E-state index is 0.403. The number of anilines is 1. The van der Waals surface area contributed by atoms with Crippen molar-refractivity contribution in [1.82, 2.24) is 0 Å². The fraction of sp³-hybridized carbons (Fsp3) is 0.188. The summed E-state index contributed by atoms with van der Waals surface area (Å²) in [6.45, 7) is 3.82. The van der Waals surface area contributed by atoms with Gasteiger partial charge in [0.25, 0.3) is 0 Å². The Balaban J connectivity index is 2.34. The number of carboxylic acids is 1. The molecule has 0 amide bonds. The average molecular weight is 273 g/mol. The van der Waals surface area contributed by atoms with Gasteiger partial charge in [0.2, 0.25) is 0 Å². The second kappa shape index (κ2) is 5.74. The van der Waals surface area contributed by atoms with E-state index in [9.17, 15) is 14.3 Å². The van der Waals surface area contributed by atoms with Gasteiger partial charge >= 0.3 is 5.97 Å². The van der Waals surface area contributed by atoms with Gasteiger partial charge in [-0.05, 0) is 43.2 Å². The molecular weight excluding hydrogens is 257 g/mol. The average Bonchev–Trinajstić information content (AvgIpc) is 2.36. The number of carbonyl (C=O) groups is 1. The number of aryl methyl sites for hydroxylation is 2. The fourth-order valence-electron chi connectivity index (χ4n) is 2.17. The van der Waals surface area contributed by atoms with Crippen LogP contribution in [0.1, 0.15) is 22.7 Å². The summed E-state index contributed by atoms with van der Waals surface area (Å²) < 4.78 is 13.2. The number of rotatable bonds is 4. The van der Waals surface area contributed by atoms with Crippen LogP contribution in [-0.2, 0) is 4.79 Å². The van der Waals surface area contributed by atoms with Crippen LogP contribution in [0, 0.1) is 19.7 Å². The molecule has 0 aliphatic rings. The molecule has 0 saturated carbocycles. The largest absolute Gasteiger partial charge is 0.479 e. The lowest BCUT2D eigenvalue weighted by atomic mass is 9.99. The highest BCUT2D eigenvalue weighted by Crippen LogP contribution is 2.24. The van der Waals surface area contributed by atoms with E-state index in [-0.39, 0.29) is 0 Å². The number of hydrogen-bond donors (Lipinski definition) is 2. The van der Waals surface area contributed by atoms with Crippen LogP contribution in [0.5, 0.6) is 0 Å². The second-order valence-corrected chi connectivity index (χ2v) is 4.79. The van der Waals surface area contributed by atoms with E-state index in [4.69, 9.17) is 0 Å². The van der Waals surface area contributed by atoms with E-state index in [1.165, 1.54) is 12.1 Å². The van der Waals surface area contributed by atoms with Crippen molar-refractivity contribution in [1.29, 1.82) is 0 Å². The highest BCUT2D eigenvalue weighted by Gasteiger charge is 2.21. The third-order valence-electron chi connectivity index (χ3n) is 3.12. The molecule has 2 aromatic rings. The van der Waals surface area contributed by atoms with E-state index >= 15 is 0 Å². The number of aliphatic carboxylic acids is 1. The molecule has 1 unspecified atom stereocenters. The Kier molecular flexibility index (Phi) is 4.03. The Morgan fingerprint density at radius 2 is 1.95 bits per heavy atom. The predicted molar refractivity (Wildman–Crippen MR) is 76.3 cm³/mol. The van der Waals surface area contributed by atoms with Crippen LogP contribution in [0.25, 0.3) is 0 Å². The molecule has 3 nitrogen and oxygen atoms in total. The minimum atomic E-state index is -0.999. The van der Waals surface area contributed by atoms with Gasteiger partial charge in [0, 0.05) is 5.69 Å². The summed E-state index contributed by atoms with van der Waals surface area (Å²) in [5.74, 6) is -1.40. The van der Waals surface area contributed by atoms with E-state index in [1.807, 2.05) is 26.0 Å². The first-order chi connectivity index (χ1) is 9.47. The number of benzene rings is 2. The van der Waals surface area contributed by atoms with Crippen LogP contribution in [0.2, 0.25) is 0 Å². The van der Waals surface area contributed by atoms with E-state index in [2.05, 4.69) is 5.32 Å². The van der Waals surface area contributed by atoms with Crippen molar-refractivity contribution in [3.63, 3.8) is 0 Å². The summed E-state index contributed by atoms with van der Waals surface area (Å²) in [6, 6.07) is 10.5. The van der Waals surface area contributed by atoms with Gasteiger partial charge in [-0.3, -0.25) is 0 Å². The standard InChI is InChI=1S/C16H16FNO2/c1-10-6-7-14(11(2)8-10)15(16(19)20)18-13-5-3-4-12(17)9-13/h3-9,15,18H,1-2H3,(H,19,20). The van der Waals surface area contributed by atoms with Crippen LogP contribution in [0.3, 0.4) is 0 Å². The van der Waals surface area contributed by atoms with E-state index in [1.54, 1.807) is 18.2 Å². The van der Waals surface area contributed by atoms with Gasteiger partial charge in [-0.15, -0.1) is 0 Å². The number of hydrogen-bond acceptors (Lipinski definition) is 2. The van der Waals surface area contributed by atoms with Crippen LogP contribution < -0.4 is 5.32 Å². The molecule has 1 atom stereocenters. The SMILES string of the molecule is Cc1ccc(C(Nc2cccc(F)c2)C(=O)O)c(C)c1. The number of carboxylic acid groups (broad SMARTS) is 1. The Bertz CT molecular complexity index is 640. The summed E-state index contributed by atoms with van der Waals surface area (Å²) >= 11 is 0. The summed E-state index contributed by atoms with van der Waals surface area (Å²) in [5.41, 5.74) is 3.08. The van der Waals surface area contributed by atoms with E-state index < -0.39 is 17.8 Å². The van der Waals surface area contributed by atoms with Crippen molar-refractivity contribution < 1.29 is 14.3 Å². The van der Waals surface area contributed by atoms with Crippen molar-refractivity contribution in [3.8, 4) is 0 Å². The molecule has 4 heteroatoms. The van der Waals surface area contributed by atoms with Crippen molar-refractivity contribution >= 4 is 11.7 Å². The molecule has 0 fully saturated rings. The molecule has 0 saturated heterocycles. The van der Waals surface area contributed by atoms with Gasteiger partial charge in [0.1, 0.15) is 5.82 Å². The first-order valence-corrected chi connectivity index (χ1v) is 6.29. The first-order valence-electron chi connectivity index (χ1n) is 6.29. The predicted octanol–water partition coefficient (Wildman–Crippen LogP) is 3.68. The monoisotopic (exact) mass is 273 g/mol. The first kappa shape index (κ1) is 14.1. The topological polar surface area (TPSA) is 49.3 Å². The lowest BCUT2D eigenvalue weighted by molar-refractivity contribution is -0.138. The van der Waals surface area contributed by atoms with Crippen molar-refractivity contribution in [2.45, 2.75) is 19.9 Å². The molecule has 2 rings (SSSR count). The molecule has 0 aromatic heterocycles. The van der Waals surface area contributed by atoms with E-state index in [0.29, 0.717) is 11.3 Å². The maximum atomic E-state index is 13.2. The number of halogens is 1. The van der Waals surface area contributed by atoms with Gasteiger partial charge in [-0.1, -0.05) is 29.8 Å². The molecular formula is C16H16FNO2. The molecule has 0 heterocycles. The Morgan fingerprint density at radius 1 is 1.20 bits per heavy atom. The molecule has 20 heavy (non-hydrogen) atoms. The quantitative estimate of drug-likeness (QED) is 0.893. The summed E-state index contributed by atoms with van der Waals surface area (Å²) in [4.78, 5) is 11.5. The summed E-state index contributed by atoms with van der Waals surface area (Å²) in [5, 5.41) is 12.3. The normalized spacial score (nSPS) is 11.9. The van der Waals surface area contributed by atoms with Gasteiger partial charge in [0.05, 0.1) is 0 Å². The van der Waals surface area contributed by atoms with Crippen LogP contribution in [0.15, 0.2) is 42.5 Å². The lowest BCUT2D eigenvalue weighted by Crippen LogP contribution is -2.21. The zero-order valence-electron chi connectivity index (χ0n) is 11.4. The Hall–Kier alpha value is -2.36. The zero-order valence-corrected chi connectivity index (χ0v) is 11.4. The molecule has 2 N–H and O–H groups in total. The fourth-order valence-corrected chi connectivity index (χ4v) is 2.17. The van der Waals surface area contributed by atoms with Crippen LogP contribution >= 0.6 is 0 Å². The van der Waals surface area contributed by atoms with Crippen molar-refractivity contribution in [2.24, 2.45) is 0 Å². The Labute approximate surface area is 117 Å². The zero-order chi connectivity index (χ0) is 14.7. The second-order valence-electron chi connectivity index (χ2n) is 4.79. The maximum absolute atomic E-state index is 13.2. The van der Waals surface area contributed by atoms with Gasteiger partial charge in [-0.2, -0.15) is 0 Å². The molecule has 0 aliphatic carbocycles. The van der Waals surface area contributed by atoms with Crippen LogP contribution in [-0.4, -0.2) is 11.1 Å². The minimum Gasteiger partial charge on any atom is -0.479 e. The smallest absolute Gasteiger partial charge is 0.330 e. The van der Waals surface area contributed by atoms with Gasteiger partial charge in [0.15, 0.2) is 6.04 Å². The molecule has 0 aliphatic heterocycles. The Morgan fingerprint density at radius 3 is 2.55 bits per heavy atom. The summed E-state index contributed by atoms with van der Waals surface area (Å²) in [7, 11) is 0. The van der Waals surface area contributed by atoms with Gasteiger partial charge < -0.3 is 10.4 Å².